The predicted molar refractivity (Wildman–Crippen MR) is 172 cm³/mol. The third-order valence-electron chi connectivity index (χ3n) is 8.23. The molecule has 3 aromatic carbocycles. The van der Waals surface area contributed by atoms with Gasteiger partial charge in [0.1, 0.15) is 28.1 Å². The minimum absolute atomic E-state index is 0.0627. The van der Waals surface area contributed by atoms with E-state index in [4.69, 9.17) is 15.2 Å². The summed E-state index contributed by atoms with van der Waals surface area (Å²) < 4.78 is 15.3. The molecule has 3 N–H and O–H groups in total. The largest absolute Gasteiger partial charge is 0.497 e. The Morgan fingerprint density at radius 3 is 2.19 bits per heavy atom. The Kier molecular flexibility index (Phi) is 9.31. The molecule has 1 saturated carbocycles. The molecule has 0 saturated heterocycles. The molecule has 1 unspecified atom stereocenters. The number of nitrogens with zero attached hydrogens (tertiary/aromatic N) is 2. The third kappa shape index (κ3) is 6.37. The average molecular weight is 599 g/mol. The number of ether oxygens (including phenoxy) is 2. The normalized spacial score (nSPS) is 14.1. The first-order chi connectivity index (χ1) is 20.8. The lowest BCUT2D eigenvalue weighted by Gasteiger charge is -2.34. The second-order valence-electron chi connectivity index (χ2n) is 10.9. The maximum atomic E-state index is 14.7. The molecule has 2 amide bonds. The summed E-state index contributed by atoms with van der Waals surface area (Å²) in [4.78, 5) is 30.9. The number of aromatic nitrogens is 1. The second-order valence-corrected chi connectivity index (χ2v) is 11.7. The quantitative estimate of drug-likeness (QED) is 0.218. The van der Waals surface area contributed by atoms with Crippen LogP contribution >= 0.6 is 11.5 Å². The van der Waals surface area contributed by atoms with E-state index in [2.05, 4.69) is 9.69 Å². The Hall–Kier alpha value is -4.37. The first-order valence-corrected chi connectivity index (χ1v) is 15.3. The van der Waals surface area contributed by atoms with Gasteiger partial charge in [-0.15, -0.1) is 0 Å². The van der Waals surface area contributed by atoms with Crippen molar-refractivity contribution in [3.05, 3.63) is 88.3 Å². The molecular weight excluding hydrogens is 560 g/mol. The fraction of sp³-hybridized carbons (Fsp3) is 0.324. The number of aryl methyl sites for hydroxylation is 1. The van der Waals surface area contributed by atoms with Gasteiger partial charge in [0.05, 0.1) is 19.9 Å². The van der Waals surface area contributed by atoms with E-state index < -0.39 is 6.04 Å². The lowest BCUT2D eigenvalue weighted by molar-refractivity contribution is -0.123. The van der Waals surface area contributed by atoms with Crippen LogP contribution in [0.2, 0.25) is 0 Å². The molecule has 0 bridgehead atoms. The Bertz CT molecular complexity index is 1580. The fourth-order valence-electron chi connectivity index (χ4n) is 5.61. The van der Waals surface area contributed by atoms with Crippen molar-refractivity contribution in [3.8, 4) is 22.8 Å². The molecule has 5 rings (SSSR count). The summed E-state index contributed by atoms with van der Waals surface area (Å²) in [5.41, 5.74) is 11.4. The summed E-state index contributed by atoms with van der Waals surface area (Å²) in [7, 11) is 3.20. The van der Waals surface area contributed by atoms with Crippen LogP contribution in [0.5, 0.6) is 11.5 Å². The van der Waals surface area contributed by atoms with Crippen LogP contribution in [0.1, 0.15) is 64.5 Å². The number of rotatable bonds is 9. The first kappa shape index (κ1) is 30.1. The van der Waals surface area contributed by atoms with E-state index in [-0.39, 0.29) is 28.4 Å². The number of nitrogen functional groups attached to an aromatic ring is 1. The predicted octanol–water partition coefficient (Wildman–Crippen LogP) is 6.86. The van der Waals surface area contributed by atoms with E-state index in [9.17, 15) is 9.59 Å². The summed E-state index contributed by atoms with van der Waals surface area (Å²) in [6.45, 7) is 3.96. The SMILES string of the molecule is COc1ccc(-c2nsc(C(=O)N(c3cccc(C)c3C)C(C(=O)NC3CCCCC3)c3ccc(OC)cc3)c2N)cc1. The molecule has 1 aliphatic carbocycles. The molecule has 1 aromatic heterocycles. The highest BCUT2D eigenvalue weighted by Crippen LogP contribution is 2.38. The number of carbonyl (C=O) groups excluding carboxylic acids is 2. The standard InChI is InChI=1S/C34H38N4O4S/c1-21-9-8-12-28(22(21)2)38(34(40)32-29(35)30(37-43-32)23-13-17-26(41-3)18-14-23)31(24-15-19-27(42-4)20-16-24)33(39)36-25-10-6-5-7-11-25/h8-9,12-20,25,31H,5-7,10-11,35H2,1-4H3,(H,36,39). The Morgan fingerprint density at radius 1 is 0.930 bits per heavy atom. The Labute approximate surface area is 257 Å². The summed E-state index contributed by atoms with van der Waals surface area (Å²) in [6.07, 6.45) is 5.16. The van der Waals surface area contributed by atoms with Crippen LogP contribution in [0.4, 0.5) is 11.4 Å². The zero-order valence-electron chi connectivity index (χ0n) is 25.1. The Balaban J connectivity index is 1.63. The first-order valence-electron chi connectivity index (χ1n) is 14.6. The van der Waals surface area contributed by atoms with Crippen LogP contribution in [0, 0.1) is 13.8 Å². The monoisotopic (exact) mass is 598 g/mol. The summed E-state index contributed by atoms with van der Waals surface area (Å²) in [5.74, 6) is 0.754. The van der Waals surface area contributed by atoms with Crippen LogP contribution in [0.15, 0.2) is 66.7 Å². The molecule has 0 spiro atoms. The number of hydrogen-bond donors (Lipinski definition) is 2. The number of methoxy groups -OCH3 is 2. The van der Waals surface area contributed by atoms with Crippen molar-refractivity contribution in [1.29, 1.82) is 0 Å². The minimum Gasteiger partial charge on any atom is -0.497 e. The third-order valence-corrected chi connectivity index (χ3v) is 9.08. The number of anilines is 2. The Morgan fingerprint density at radius 2 is 1.56 bits per heavy atom. The maximum Gasteiger partial charge on any atom is 0.273 e. The topological polar surface area (TPSA) is 107 Å². The van der Waals surface area contributed by atoms with Gasteiger partial charge in [0.15, 0.2) is 0 Å². The van der Waals surface area contributed by atoms with Crippen molar-refractivity contribution in [1.82, 2.24) is 9.69 Å². The molecule has 9 heteroatoms. The number of benzene rings is 3. The van der Waals surface area contributed by atoms with Gasteiger partial charge in [-0.25, -0.2) is 0 Å². The van der Waals surface area contributed by atoms with Crippen molar-refractivity contribution < 1.29 is 19.1 Å². The van der Waals surface area contributed by atoms with E-state index >= 15 is 0 Å². The van der Waals surface area contributed by atoms with Gasteiger partial charge in [-0.1, -0.05) is 43.5 Å². The molecule has 43 heavy (non-hydrogen) atoms. The fourth-order valence-corrected chi connectivity index (χ4v) is 6.37. The molecule has 1 atom stereocenters. The van der Waals surface area contributed by atoms with E-state index in [0.717, 1.165) is 53.9 Å². The molecule has 1 aliphatic rings. The molecule has 1 fully saturated rings. The van der Waals surface area contributed by atoms with Crippen molar-refractivity contribution in [2.45, 2.75) is 58.0 Å². The molecule has 1 heterocycles. The van der Waals surface area contributed by atoms with Gasteiger partial charge in [0.2, 0.25) is 5.91 Å². The number of nitrogens with one attached hydrogen (secondary N) is 1. The van der Waals surface area contributed by atoms with Crippen LogP contribution in [-0.2, 0) is 4.79 Å². The van der Waals surface area contributed by atoms with E-state index in [1.54, 1.807) is 19.1 Å². The molecule has 224 valence electrons. The van der Waals surface area contributed by atoms with E-state index in [1.165, 1.54) is 6.42 Å². The molecule has 8 nitrogen and oxygen atoms in total. The van der Waals surface area contributed by atoms with Crippen LogP contribution in [0.3, 0.4) is 0 Å². The summed E-state index contributed by atoms with van der Waals surface area (Å²) in [6, 6.07) is 19.6. The van der Waals surface area contributed by atoms with Gasteiger partial charge in [0.25, 0.3) is 5.91 Å². The smallest absolute Gasteiger partial charge is 0.273 e. The lowest BCUT2D eigenvalue weighted by atomic mass is 9.94. The van der Waals surface area contributed by atoms with Gasteiger partial charge in [-0.3, -0.25) is 14.5 Å². The van der Waals surface area contributed by atoms with E-state index in [0.29, 0.717) is 28.4 Å². The zero-order chi connectivity index (χ0) is 30.5. The summed E-state index contributed by atoms with van der Waals surface area (Å²) >= 11 is 1.04. The number of nitrogens with two attached hydrogens (primary N) is 1. The molecule has 4 aromatic rings. The number of hydrogen-bond acceptors (Lipinski definition) is 7. The van der Waals surface area contributed by atoms with Gasteiger partial charge >= 0.3 is 0 Å². The molecular formula is C34H38N4O4S. The molecule has 0 aliphatic heterocycles. The van der Waals surface area contributed by atoms with Gasteiger partial charge in [-0.2, -0.15) is 4.37 Å². The van der Waals surface area contributed by atoms with E-state index in [1.807, 2.05) is 80.6 Å². The molecule has 0 radical (unpaired) electrons. The van der Waals surface area contributed by atoms with Crippen molar-refractivity contribution in [2.75, 3.05) is 24.9 Å². The van der Waals surface area contributed by atoms with Crippen molar-refractivity contribution in [2.24, 2.45) is 0 Å². The second kappa shape index (κ2) is 13.3. The van der Waals surface area contributed by atoms with Crippen molar-refractivity contribution in [3.63, 3.8) is 0 Å². The highest BCUT2D eigenvalue weighted by Gasteiger charge is 2.37. The van der Waals surface area contributed by atoms with Gasteiger partial charge in [0, 0.05) is 17.3 Å². The lowest BCUT2D eigenvalue weighted by Crippen LogP contribution is -2.47. The maximum absolute atomic E-state index is 14.7. The van der Waals surface area contributed by atoms with Crippen LogP contribution < -0.4 is 25.4 Å². The minimum atomic E-state index is -0.952. The van der Waals surface area contributed by atoms with Crippen LogP contribution in [-0.4, -0.2) is 36.4 Å². The van der Waals surface area contributed by atoms with Gasteiger partial charge in [-0.05, 0) is 97.4 Å². The highest BCUT2D eigenvalue weighted by molar-refractivity contribution is 7.09. The average Bonchev–Trinajstić information content (AvgIpc) is 3.42. The zero-order valence-corrected chi connectivity index (χ0v) is 25.9. The number of amides is 2. The van der Waals surface area contributed by atoms with Crippen LogP contribution in [0.25, 0.3) is 11.3 Å². The van der Waals surface area contributed by atoms with Gasteiger partial charge < -0.3 is 20.5 Å². The highest BCUT2D eigenvalue weighted by atomic mass is 32.1. The summed E-state index contributed by atoms with van der Waals surface area (Å²) in [5, 5.41) is 3.27. The van der Waals surface area contributed by atoms with Crippen molar-refractivity contribution >= 4 is 34.7 Å². The number of carbonyl (C=O) groups is 2.